The Morgan fingerprint density at radius 3 is 3.14 bits per heavy atom. The Hall–Kier alpha value is -2.42. The molecule has 3 rings (SSSR count). The second-order valence-corrected chi connectivity index (χ2v) is 5.35. The Labute approximate surface area is 123 Å². The SMILES string of the molecule is C[C@@H]1COc2nc(-c3cscn3)n(CC(=O)O)c(=O)c2N1. The summed E-state index contributed by atoms with van der Waals surface area (Å²) >= 11 is 1.34. The summed E-state index contributed by atoms with van der Waals surface area (Å²) in [4.78, 5) is 31.9. The highest BCUT2D eigenvalue weighted by molar-refractivity contribution is 7.07. The van der Waals surface area contributed by atoms with Gasteiger partial charge in [-0.15, -0.1) is 11.3 Å². The molecule has 3 heterocycles. The molecule has 0 radical (unpaired) electrons. The number of hydrogen-bond acceptors (Lipinski definition) is 7. The van der Waals surface area contributed by atoms with E-state index in [1.807, 2.05) is 6.92 Å². The van der Waals surface area contributed by atoms with Crippen molar-refractivity contribution in [2.75, 3.05) is 11.9 Å². The minimum atomic E-state index is -1.12. The lowest BCUT2D eigenvalue weighted by Gasteiger charge is -2.24. The number of nitrogens with zero attached hydrogens (tertiary/aromatic N) is 3. The van der Waals surface area contributed by atoms with Crippen LogP contribution in [0.3, 0.4) is 0 Å². The first-order chi connectivity index (χ1) is 10.1. The summed E-state index contributed by atoms with van der Waals surface area (Å²) in [5.74, 6) is -0.749. The molecule has 0 amide bonds. The molecule has 21 heavy (non-hydrogen) atoms. The molecule has 2 aromatic rings. The molecule has 1 aliphatic rings. The second kappa shape index (κ2) is 5.17. The first kappa shape index (κ1) is 13.6. The van der Waals surface area contributed by atoms with Gasteiger partial charge in [-0.25, -0.2) is 4.98 Å². The van der Waals surface area contributed by atoms with Gasteiger partial charge in [0.2, 0.25) is 5.88 Å². The first-order valence-electron chi connectivity index (χ1n) is 6.21. The Balaban J connectivity index is 2.21. The van der Waals surface area contributed by atoms with E-state index in [9.17, 15) is 9.59 Å². The van der Waals surface area contributed by atoms with Gasteiger partial charge in [-0.1, -0.05) is 0 Å². The van der Waals surface area contributed by atoms with E-state index < -0.39 is 18.1 Å². The number of carboxylic acid groups (broad SMARTS) is 1. The number of carbonyl (C=O) groups is 1. The van der Waals surface area contributed by atoms with Crippen LogP contribution in [-0.4, -0.2) is 38.3 Å². The van der Waals surface area contributed by atoms with Crippen LogP contribution in [0.5, 0.6) is 5.88 Å². The number of carboxylic acids is 1. The van der Waals surface area contributed by atoms with E-state index in [4.69, 9.17) is 9.84 Å². The average Bonchev–Trinajstić information content (AvgIpc) is 2.96. The van der Waals surface area contributed by atoms with Crippen LogP contribution < -0.4 is 15.6 Å². The number of anilines is 1. The average molecular weight is 308 g/mol. The maximum absolute atomic E-state index is 12.5. The third-order valence-electron chi connectivity index (χ3n) is 2.95. The minimum Gasteiger partial charge on any atom is -0.480 e. The Morgan fingerprint density at radius 2 is 2.48 bits per heavy atom. The standard InChI is InChI=1S/C12H12N4O4S/c1-6-3-20-11-9(14-6)12(19)16(2-8(17)18)10(15-11)7-4-21-5-13-7/h4-6,14H,2-3H2,1H3,(H,17,18)/t6-/m1/s1. The van der Waals surface area contributed by atoms with Crippen molar-refractivity contribution in [3.05, 3.63) is 21.2 Å². The maximum Gasteiger partial charge on any atom is 0.323 e. The fraction of sp³-hybridized carbons (Fsp3) is 0.333. The van der Waals surface area contributed by atoms with Gasteiger partial charge in [0.05, 0.1) is 11.6 Å². The van der Waals surface area contributed by atoms with Gasteiger partial charge in [-0.3, -0.25) is 14.2 Å². The van der Waals surface area contributed by atoms with E-state index in [1.165, 1.54) is 11.3 Å². The van der Waals surface area contributed by atoms with E-state index in [0.29, 0.717) is 12.3 Å². The van der Waals surface area contributed by atoms with Crippen molar-refractivity contribution in [1.29, 1.82) is 0 Å². The van der Waals surface area contributed by atoms with E-state index in [1.54, 1.807) is 10.9 Å². The summed E-state index contributed by atoms with van der Waals surface area (Å²) in [5, 5.41) is 13.7. The number of fused-ring (bicyclic) bond motifs is 1. The lowest BCUT2D eigenvalue weighted by atomic mass is 10.3. The van der Waals surface area contributed by atoms with Crippen LogP contribution in [0.1, 0.15) is 6.92 Å². The fourth-order valence-electron chi connectivity index (χ4n) is 2.06. The topological polar surface area (TPSA) is 106 Å². The highest BCUT2D eigenvalue weighted by Crippen LogP contribution is 2.26. The van der Waals surface area contributed by atoms with Crippen LogP contribution in [0.25, 0.3) is 11.5 Å². The molecule has 0 saturated carbocycles. The van der Waals surface area contributed by atoms with Gasteiger partial charge in [-0.05, 0) is 6.92 Å². The van der Waals surface area contributed by atoms with Gasteiger partial charge in [0.15, 0.2) is 11.5 Å². The highest BCUT2D eigenvalue weighted by atomic mass is 32.1. The number of hydrogen-bond donors (Lipinski definition) is 2. The lowest BCUT2D eigenvalue weighted by molar-refractivity contribution is -0.137. The summed E-state index contributed by atoms with van der Waals surface area (Å²) in [6, 6.07) is -0.0459. The van der Waals surface area contributed by atoms with Crippen LogP contribution in [0.15, 0.2) is 15.7 Å². The molecule has 0 spiro atoms. The van der Waals surface area contributed by atoms with E-state index in [0.717, 1.165) is 4.57 Å². The third-order valence-corrected chi connectivity index (χ3v) is 3.54. The molecule has 0 aromatic carbocycles. The molecule has 2 aromatic heterocycles. The lowest BCUT2D eigenvalue weighted by Crippen LogP contribution is -2.37. The van der Waals surface area contributed by atoms with Crippen molar-refractivity contribution >= 4 is 23.0 Å². The van der Waals surface area contributed by atoms with E-state index >= 15 is 0 Å². The van der Waals surface area contributed by atoms with E-state index in [2.05, 4.69) is 15.3 Å². The van der Waals surface area contributed by atoms with Gasteiger partial charge >= 0.3 is 5.97 Å². The van der Waals surface area contributed by atoms with Crippen LogP contribution in [0.4, 0.5) is 5.69 Å². The fourth-order valence-corrected chi connectivity index (χ4v) is 2.59. The van der Waals surface area contributed by atoms with Gasteiger partial charge in [0, 0.05) is 5.38 Å². The zero-order valence-electron chi connectivity index (χ0n) is 11.1. The Morgan fingerprint density at radius 1 is 1.67 bits per heavy atom. The third kappa shape index (κ3) is 2.47. The Kier molecular flexibility index (Phi) is 3.34. The molecule has 0 bridgehead atoms. The largest absolute Gasteiger partial charge is 0.480 e. The zero-order valence-corrected chi connectivity index (χ0v) is 11.9. The number of aliphatic carboxylic acids is 1. The van der Waals surface area contributed by atoms with Crippen molar-refractivity contribution < 1.29 is 14.6 Å². The molecule has 0 unspecified atom stereocenters. The van der Waals surface area contributed by atoms with Gasteiger partial charge < -0.3 is 15.2 Å². The summed E-state index contributed by atoms with van der Waals surface area (Å²) < 4.78 is 6.54. The first-order valence-corrected chi connectivity index (χ1v) is 7.15. The molecule has 1 aliphatic heterocycles. The number of nitrogens with one attached hydrogen (secondary N) is 1. The normalized spacial score (nSPS) is 16.7. The quantitative estimate of drug-likeness (QED) is 0.857. The van der Waals surface area contributed by atoms with Crippen LogP contribution in [-0.2, 0) is 11.3 Å². The van der Waals surface area contributed by atoms with Crippen molar-refractivity contribution in [2.24, 2.45) is 0 Å². The van der Waals surface area contributed by atoms with Gasteiger partial charge in [-0.2, -0.15) is 4.98 Å². The van der Waals surface area contributed by atoms with Gasteiger partial charge in [0.1, 0.15) is 18.8 Å². The predicted molar refractivity (Wildman–Crippen MR) is 75.8 cm³/mol. The van der Waals surface area contributed by atoms with Crippen molar-refractivity contribution in [2.45, 2.75) is 19.5 Å². The zero-order chi connectivity index (χ0) is 15.0. The second-order valence-electron chi connectivity index (χ2n) is 4.63. The monoisotopic (exact) mass is 308 g/mol. The molecule has 1 atom stereocenters. The minimum absolute atomic E-state index is 0.0459. The maximum atomic E-state index is 12.5. The van der Waals surface area contributed by atoms with Crippen molar-refractivity contribution in [1.82, 2.24) is 14.5 Å². The van der Waals surface area contributed by atoms with Gasteiger partial charge in [0.25, 0.3) is 5.56 Å². The molecule has 0 saturated heterocycles. The summed E-state index contributed by atoms with van der Waals surface area (Å²) in [5.41, 5.74) is 1.75. The van der Waals surface area contributed by atoms with Crippen LogP contribution >= 0.6 is 11.3 Å². The molecular formula is C12H12N4O4S. The van der Waals surface area contributed by atoms with Crippen molar-refractivity contribution in [3.8, 4) is 17.4 Å². The molecular weight excluding hydrogens is 296 g/mol. The molecule has 9 heteroatoms. The molecule has 2 N–H and O–H groups in total. The Bertz CT molecular complexity index is 740. The number of rotatable bonds is 3. The smallest absolute Gasteiger partial charge is 0.323 e. The van der Waals surface area contributed by atoms with Crippen LogP contribution in [0.2, 0.25) is 0 Å². The summed E-state index contributed by atoms with van der Waals surface area (Å²) in [6.45, 7) is 1.76. The molecule has 0 fully saturated rings. The van der Waals surface area contributed by atoms with Crippen LogP contribution in [0, 0.1) is 0 Å². The molecule has 8 nitrogen and oxygen atoms in total. The number of ether oxygens (including phenoxy) is 1. The predicted octanol–water partition coefficient (Wildman–Crippen LogP) is 0.644. The highest BCUT2D eigenvalue weighted by Gasteiger charge is 2.25. The van der Waals surface area contributed by atoms with Crippen molar-refractivity contribution in [3.63, 3.8) is 0 Å². The number of thiazole rings is 1. The summed E-state index contributed by atoms with van der Waals surface area (Å²) in [6.07, 6.45) is 0. The molecule has 0 aliphatic carbocycles. The summed E-state index contributed by atoms with van der Waals surface area (Å²) in [7, 11) is 0. The molecule has 110 valence electrons. The van der Waals surface area contributed by atoms with E-state index in [-0.39, 0.29) is 23.4 Å². The number of aromatic nitrogens is 3.